The fourth-order valence-electron chi connectivity index (χ4n) is 2.31. The van der Waals surface area contributed by atoms with Crippen LogP contribution in [0.3, 0.4) is 0 Å². The lowest BCUT2D eigenvalue weighted by Crippen LogP contribution is -2.32. The Morgan fingerprint density at radius 2 is 2.00 bits per heavy atom. The molecule has 0 aliphatic carbocycles. The minimum Gasteiger partial charge on any atom is -0.336 e. The Bertz CT molecular complexity index is 383. The molecule has 0 aromatic carbocycles. The highest BCUT2D eigenvalue weighted by Crippen LogP contribution is 2.23. The summed E-state index contributed by atoms with van der Waals surface area (Å²) in [5.74, 6) is 0.806. The van der Waals surface area contributed by atoms with Gasteiger partial charge in [0, 0.05) is 17.9 Å². The molecule has 4 nitrogen and oxygen atoms in total. The number of halogens is 1. The van der Waals surface area contributed by atoms with E-state index >= 15 is 0 Å². The minimum atomic E-state index is 0.522. The maximum absolute atomic E-state index is 4.67. The van der Waals surface area contributed by atoms with E-state index in [0.29, 0.717) is 6.04 Å². The molecule has 0 radical (unpaired) electrons. The van der Waals surface area contributed by atoms with Gasteiger partial charge in [-0.05, 0) is 25.7 Å². The van der Waals surface area contributed by atoms with Crippen LogP contribution in [0.15, 0.2) is 0 Å². The summed E-state index contributed by atoms with van der Waals surface area (Å²) in [6, 6.07) is 0.522. The van der Waals surface area contributed by atoms with Crippen LogP contribution < -0.4 is 4.90 Å². The zero-order valence-electron chi connectivity index (χ0n) is 10.5. The number of anilines is 1. The maximum Gasteiger partial charge on any atom is 0.245 e. The van der Waals surface area contributed by atoms with Gasteiger partial charge < -0.3 is 4.90 Å². The van der Waals surface area contributed by atoms with Gasteiger partial charge in [0.25, 0.3) is 0 Å². The zero-order valence-corrected chi connectivity index (χ0v) is 12.1. The number of aryl methyl sites for hydroxylation is 2. The fraction of sp³-hybridized carbons (Fsp3) is 0.750. The first kappa shape index (κ1) is 12.7. The minimum absolute atomic E-state index is 0.522. The zero-order chi connectivity index (χ0) is 12.3. The van der Waals surface area contributed by atoms with Gasteiger partial charge in [0.05, 0.1) is 11.4 Å². The third-order valence-electron chi connectivity index (χ3n) is 3.31. The van der Waals surface area contributed by atoms with Crippen molar-refractivity contribution >= 4 is 21.9 Å². The molecule has 0 saturated carbocycles. The third kappa shape index (κ3) is 2.59. The quantitative estimate of drug-likeness (QED) is 0.800. The highest BCUT2D eigenvalue weighted by atomic mass is 79.9. The average molecular weight is 299 g/mol. The van der Waals surface area contributed by atoms with Crippen molar-refractivity contribution in [3.05, 3.63) is 11.4 Å². The van der Waals surface area contributed by atoms with E-state index < -0.39 is 0 Å². The average Bonchev–Trinajstić information content (AvgIpc) is 2.86. The van der Waals surface area contributed by atoms with Crippen LogP contribution in [0, 0.1) is 0 Å². The predicted molar refractivity (Wildman–Crippen MR) is 72.7 cm³/mol. The van der Waals surface area contributed by atoms with E-state index in [4.69, 9.17) is 0 Å². The van der Waals surface area contributed by atoms with E-state index in [2.05, 4.69) is 49.9 Å². The van der Waals surface area contributed by atoms with Crippen LogP contribution in [0.1, 0.15) is 38.1 Å². The van der Waals surface area contributed by atoms with Crippen molar-refractivity contribution in [3.8, 4) is 0 Å². The van der Waals surface area contributed by atoms with Gasteiger partial charge in [-0.15, -0.1) is 5.10 Å². The van der Waals surface area contributed by atoms with E-state index in [9.17, 15) is 0 Å². The van der Waals surface area contributed by atoms with Crippen molar-refractivity contribution < 1.29 is 0 Å². The molecule has 1 saturated heterocycles. The van der Waals surface area contributed by atoms with Crippen LogP contribution in [0.25, 0.3) is 0 Å². The standard InChI is InChI=1S/C12H19BrN4/c1-3-10-11(4-2)15-16-12(14-10)17-7-5-6-9(17)8-13/h9H,3-8H2,1-2H3. The Kier molecular flexibility index (Phi) is 4.31. The first-order chi connectivity index (χ1) is 8.30. The molecule has 2 heterocycles. The molecular weight excluding hydrogens is 280 g/mol. The van der Waals surface area contributed by atoms with Crippen LogP contribution in [-0.4, -0.2) is 33.1 Å². The summed E-state index contributed by atoms with van der Waals surface area (Å²) < 4.78 is 0. The molecule has 94 valence electrons. The molecule has 5 heteroatoms. The second-order valence-corrected chi connectivity index (χ2v) is 5.00. The van der Waals surface area contributed by atoms with Gasteiger partial charge in [-0.2, -0.15) is 5.10 Å². The molecule has 1 atom stereocenters. The lowest BCUT2D eigenvalue weighted by atomic mass is 10.2. The fourth-order valence-corrected chi connectivity index (χ4v) is 2.98. The summed E-state index contributed by atoms with van der Waals surface area (Å²) in [5.41, 5.74) is 2.13. The van der Waals surface area contributed by atoms with Gasteiger partial charge in [0.1, 0.15) is 0 Å². The Balaban J connectivity index is 2.26. The Hall–Kier alpha value is -0.710. The van der Waals surface area contributed by atoms with E-state index in [-0.39, 0.29) is 0 Å². The molecule has 0 spiro atoms. The van der Waals surface area contributed by atoms with Gasteiger partial charge in [0.15, 0.2) is 0 Å². The second-order valence-electron chi connectivity index (χ2n) is 4.36. The van der Waals surface area contributed by atoms with Crippen LogP contribution >= 0.6 is 15.9 Å². The van der Waals surface area contributed by atoms with Crippen molar-refractivity contribution in [3.63, 3.8) is 0 Å². The van der Waals surface area contributed by atoms with E-state index in [1.165, 1.54) is 12.8 Å². The molecular formula is C12H19BrN4. The van der Waals surface area contributed by atoms with Crippen LogP contribution in [-0.2, 0) is 12.8 Å². The molecule has 1 aromatic heterocycles. The van der Waals surface area contributed by atoms with Crippen molar-refractivity contribution in [2.45, 2.75) is 45.6 Å². The Labute approximate surface area is 111 Å². The molecule has 1 aromatic rings. The number of rotatable bonds is 4. The molecule has 1 aliphatic heterocycles. The third-order valence-corrected chi connectivity index (χ3v) is 4.06. The maximum atomic E-state index is 4.67. The van der Waals surface area contributed by atoms with Crippen LogP contribution in [0.4, 0.5) is 5.95 Å². The Morgan fingerprint density at radius 1 is 1.24 bits per heavy atom. The molecule has 17 heavy (non-hydrogen) atoms. The normalized spacial score (nSPS) is 19.9. The second kappa shape index (κ2) is 5.76. The summed E-state index contributed by atoms with van der Waals surface area (Å²) in [6.45, 7) is 5.27. The number of alkyl halides is 1. The summed E-state index contributed by atoms with van der Waals surface area (Å²) in [6.07, 6.45) is 4.27. The predicted octanol–water partition coefficient (Wildman–Crippen LogP) is 2.36. The van der Waals surface area contributed by atoms with Gasteiger partial charge >= 0.3 is 0 Å². The number of aromatic nitrogens is 3. The highest BCUT2D eigenvalue weighted by molar-refractivity contribution is 9.09. The topological polar surface area (TPSA) is 41.9 Å². The molecule has 0 N–H and O–H groups in total. The molecule has 0 bridgehead atoms. The van der Waals surface area contributed by atoms with Crippen LogP contribution in [0.2, 0.25) is 0 Å². The summed E-state index contributed by atoms with van der Waals surface area (Å²) in [7, 11) is 0. The number of nitrogens with zero attached hydrogens (tertiary/aromatic N) is 4. The van der Waals surface area contributed by atoms with Gasteiger partial charge in [-0.1, -0.05) is 29.8 Å². The first-order valence-electron chi connectivity index (χ1n) is 6.35. The SMILES string of the molecule is CCc1nnc(N2CCCC2CBr)nc1CC. The molecule has 0 amide bonds. The number of hydrogen-bond acceptors (Lipinski definition) is 4. The van der Waals surface area contributed by atoms with Crippen LogP contribution in [0.5, 0.6) is 0 Å². The van der Waals surface area contributed by atoms with Crippen molar-refractivity contribution in [2.75, 3.05) is 16.8 Å². The van der Waals surface area contributed by atoms with Gasteiger partial charge in [-0.3, -0.25) is 0 Å². The highest BCUT2D eigenvalue weighted by Gasteiger charge is 2.26. The summed E-state index contributed by atoms with van der Waals surface area (Å²) in [4.78, 5) is 6.95. The Morgan fingerprint density at radius 3 is 2.65 bits per heavy atom. The van der Waals surface area contributed by atoms with E-state index in [0.717, 1.165) is 42.1 Å². The lowest BCUT2D eigenvalue weighted by Gasteiger charge is -2.23. The number of hydrogen-bond donors (Lipinski definition) is 0. The van der Waals surface area contributed by atoms with Crippen molar-refractivity contribution in [1.82, 2.24) is 15.2 Å². The summed E-state index contributed by atoms with van der Waals surface area (Å²) in [5, 5.41) is 9.57. The lowest BCUT2D eigenvalue weighted by molar-refractivity contribution is 0.705. The van der Waals surface area contributed by atoms with Crippen molar-refractivity contribution in [2.24, 2.45) is 0 Å². The van der Waals surface area contributed by atoms with Gasteiger partial charge in [0.2, 0.25) is 5.95 Å². The first-order valence-corrected chi connectivity index (χ1v) is 7.47. The monoisotopic (exact) mass is 298 g/mol. The largest absolute Gasteiger partial charge is 0.336 e. The van der Waals surface area contributed by atoms with E-state index in [1.54, 1.807) is 0 Å². The summed E-state index contributed by atoms with van der Waals surface area (Å²) >= 11 is 3.56. The van der Waals surface area contributed by atoms with E-state index in [1.807, 2.05) is 0 Å². The smallest absolute Gasteiger partial charge is 0.245 e. The molecule has 1 unspecified atom stereocenters. The van der Waals surface area contributed by atoms with Gasteiger partial charge in [-0.25, -0.2) is 4.98 Å². The molecule has 2 rings (SSSR count). The molecule has 1 aliphatic rings. The molecule has 1 fully saturated rings. The van der Waals surface area contributed by atoms with Crippen molar-refractivity contribution in [1.29, 1.82) is 0 Å².